The van der Waals surface area contributed by atoms with Gasteiger partial charge in [0.2, 0.25) is 11.8 Å². The summed E-state index contributed by atoms with van der Waals surface area (Å²) in [7, 11) is 0. The zero-order valence-electron chi connectivity index (χ0n) is 16.1. The standard InChI is InChI=1S/C24H22N2O3/c1-17(27)18-12-14-21(15-13-18)26-22(28)16-25-24(29)23(19-8-4-2-5-9-19)20-10-6-3-7-11-20/h2-15,23H,16H2,1H3,(H,25,29)(H,26,28). The number of rotatable bonds is 7. The van der Waals surface area contributed by atoms with Crippen LogP contribution >= 0.6 is 0 Å². The molecule has 2 N–H and O–H groups in total. The highest BCUT2D eigenvalue weighted by molar-refractivity contribution is 5.97. The molecule has 0 radical (unpaired) electrons. The van der Waals surface area contributed by atoms with E-state index in [1.54, 1.807) is 24.3 Å². The number of carbonyl (C=O) groups excluding carboxylic acids is 3. The molecule has 0 fully saturated rings. The summed E-state index contributed by atoms with van der Waals surface area (Å²) in [6.45, 7) is 1.34. The predicted molar refractivity (Wildman–Crippen MR) is 113 cm³/mol. The average Bonchev–Trinajstić information content (AvgIpc) is 2.74. The largest absolute Gasteiger partial charge is 0.346 e. The maximum absolute atomic E-state index is 12.9. The molecule has 0 aromatic heterocycles. The van der Waals surface area contributed by atoms with Crippen LogP contribution in [0.2, 0.25) is 0 Å². The number of hydrogen-bond acceptors (Lipinski definition) is 3. The molecule has 29 heavy (non-hydrogen) atoms. The molecule has 5 heteroatoms. The monoisotopic (exact) mass is 386 g/mol. The highest BCUT2D eigenvalue weighted by atomic mass is 16.2. The maximum atomic E-state index is 12.9. The molecule has 0 aliphatic carbocycles. The van der Waals surface area contributed by atoms with Crippen molar-refractivity contribution in [3.05, 3.63) is 102 Å². The average molecular weight is 386 g/mol. The number of hydrogen-bond donors (Lipinski definition) is 2. The summed E-state index contributed by atoms with van der Waals surface area (Å²) in [5.74, 6) is -1.12. The van der Waals surface area contributed by atoms with Crippen molar-refractivity contribution in [2.45, 2.75) is 12.8 Å². The van der Waals surface area contributed by atoms with Gasteiger partial charge >= 0.3 is 0 Å². The minimum absolute atomic E-state index is 0.0389. The van der Waals surface area contributed by atoms with Crippen molar-refractivity contribution >= 4 is 23.3 Å². The lowest BCUT2D eigenvalue weighted by Gasteiger charge is -2.18. The highest BCUT2D eigenvalue weighted by Gasteiger charge is 2.22. The fraction of sp³-hybridized carbons (Fsp3) is 0.125. The van der Waals surface area contributed by atoms with Crippen molar-refractivity contribution in [3.8, 4) is 0 Å². The minimum Gasteiger partial charge on any atom is -0.346 e. The van der Waals surface area contributed by atoms with Gasteiger partial charge in [0.1, 0.15) is 0 Å². The Morgan fingerprint density at radius 2 is 1.28 bits per heavy atom. The molecule has 0 saturated heterocycles. The first-order valence-electron chi connectivity index (χ1n) is 9.33. The molecule has 0 unspecified atom stereocenters. The second-order valence-electron chi connectivity index (χ2n) is 6.65. The molecule has 3 aromatic rings. The lowest BCUT2D eigenvalue weighted by Crippen LogP contribution is -2.36. The summed E-state index contributed by atoms with van der Waals surface area (Å²) in [5, 5.41) is 5.44. The normalized spacial score (nSPS) is 10.4. The maximum Gasteiger partial charge on any atom is 0.243 e. The molecule has 0 saturated carbocycles. The van der Waals surface area contributed by atoms with E-state index in [0.29, 0.717) is 11.3 Å². The molecular formula is C24H22N2O3. The SMILES string of the molecule is CC(=O)c1ccc(NC(=O)CNC(=O)C(c2ccccc2)c2ccccc2)cc1. The molecule has 3 rings (SSSR count). The quantitative estimate of drug-likeness (QED) is 0.607. The van der Waals surface area contributed by atoms with Gasteiger partial charge in [-0.05, 0) is 42.3 Å². The van der Waals surface area contributed by atoms with Crippen LogP contribution in [0.4, 0.5) is 5.69 Å². The van der Waals surface area contributed by atoms with E-state index in [1.165, 1.54) is 6.92 Å². The molecular weight excluding hydrogens is 364 g/mol. The van der Waals surface area contributed by atoms with Gasteiger partial charge in [0.05, 0.1) is 12.5 Å². The van der Waals surface area contributed by atoms with Crippen LogP contribution in [-0.4, -0.2) is 24.1 Å². The Morgan fingerprint density at radius 1 is 0.759 bits per heavy atom. The molecule has 0 bridgehead atoms. The number of ketones is 1. The van der Waals surface area contributed by atoms with Crippen LogP contribution in [0.3, 0.4) is 0 Å². The predicted octanol–water partition coefficient (Wildman–Crippen LogP) is 3.78. The molecule has 0 aliphatic heterocycles. The van der Waals surface area contributed by atoms with E-state index in [0.717, 1.165) is 11.1 Å². The van der Waals surface area contributed by atoms with Crippen molar-refractivity contribution in [1.29, 1.82) is 0 Å². The first-order valence-corrected chi connectivity index (χ1v) is 9.33. The molecule has 5 nitrogen and oxygen atoms in total. The lowest BCUT2D eigenvalue weighted by molar-refractivity contribution is -0.124. The van der Waals surface area contributed by atoms with Gasteiger partial charge < -0.3 is 10.6 Å². The molecule has 0 aliphatic rings. The Balaban J connectivity index is 1.65. The fourth-order valence-electron chi connectivity index (χ4n) is 3.05. The number of carbonyl (C=O) groups is 3. The van der Waals surface area contributed by atoms with Gasteiger partial charge in [-0.25, -0.2) is 0 Å². The van der Waals surface area contributed by atoms with Gasteiger partial charge in [0, 0.05) is 11.3 Å². The van der Waals surface area contributed by atoms with Crippen LogP contribution in [0.25, 0.3) is 0 Å². The minimum atomic E-state index is -0.500. The number of anilines is 1. The Morgan fingerprint density at radius 3 is 1.76 bits per heavy atom. The summed E-state index contributed by atoms with van der Waals surface area (Å²) in [4.78, 5) is 36.4. The van der Waals surface area contributed by atoms with E-state index in [1.807, 2.05) is 60.7 Å². The summed E-state index contributed by atoms with van der Waals surface area (Å²) in [6.07, 6.45) is 0. The van der Waals surface area contributed by atoms with Crippen LogP contribution < -0.4 is 10.6 Å². The van der Waals surface area contributed by atoms with Gasteiger partial charge in [-0.1, -0.05) is 60.7 Å². The van der Waals surface area contributed by atoms with Crippen molar-refractivity contribution in [2.75, 3.05) is 11.9 Å². The van der Waals surface area contributed by atoms with Crippen LogP contribution in [0.5, 0.6) is 0 Å². The summed E-state index contributed by atoms with van der Waals surface area (Å²) >= 11 is 0. The van der Waals surface area contributed by atoms with Gasteiger partial charge in [0.15, 0.2) is 5.78 Å². The van der Waals surface area contributed by atoms with Crippen molar-refractivity contribution in [1.82, 2.24) is 5.32 Å². The third-order valence-electron chi connectivity index (χ3n) is 4.53. The van der Waals surface area contributed by atoms with E-state index < -0.39 is 5.92 Å². The fourth-order valence-corrected chi connectivity index (χ4v) is 3.05. The molecule has 3 aromatic carbocycles. The zero-order chi connectivity index (χ0) is 20.6. The topological polar surface area (TPSA) is 75.3 Å². The zero-order valence-corrected chi connectivity index (χ0v) is 16.1. The number of benzene rings is 3. The number of nitrogens with one attached hydrogen (secondary N) is 2. The summed E-state index contributed by atoms with van der Waals surface area (Å²) < 4.78 is 0. The number of amides is 2. The third-order valence-corrected chi connectivity index (χ3v) is 4.53. The first-order chi connectivity index (χ1) is 14.0. The Hall–Kier alpha value is -3.73. The smallest absolute Gasteiger partial charge is 0.243 e. The van der Waals surface area contributed by atoms with Crippen molar-refractivity contribution in [3.63, 3.8) is 0 Å². The molecule has 0 heterocycles. The van der Waals surface area contributed by atoms with E-state index in [2.05, 4.69) is 10.6 Å². The second kappa shape index (κ2) is 9.46. The Kier molecular flexibility index (Phi) is 6.53. The molecule has 0 atom stereocenters. The second-order valence-corrected chi connectivity index (χ2v) is 6.65. The van der Waals surface area contributed by atoms with E-state index in [4.69, 9.17) is 0 Å². The van der Waals surface area contributed by atoms with Crippen molar-refractivity contribution < 1.29 is 14.4 Å². The Labute approximate surface area is 169 Å². The third kappa shape index (κ3) is 5.39. The van der Waals surface area contributed by atoms with Gasteiger partial charge in [-0.2, -0.15) is 0 Å². The number of Topliss-reactive ketones (excluding diaryl/α,β-unsaturated/α-hetero) is 1. The molecule has 146 valence electrons. The molecule has 2 amide bonds. The Bertz CT molecular complexity index is 944. The van der Waals surface area contributed by atoms with Crippen LogP contribution in [0, 0.1) is 0 Å². The van der Waals surface area contributed by atoms with E-state index in [9.17, 15) is 14.4 Å². The van der Waals surface area contributed by atoms with Crippen LogP contribution in [0.15, 0.2) is 84.9 Å². The van der Waals surface area contributed by atoms with Gasteiger partial charge in [0.25, 0.3) is 0 Å². The summed E-state index contributed by atoms with van der Waals surface area (Å²) in [5.41, 5.74) is 2.86. The van der Waals surface area contributed by atoms with Crippen LogP contribution in [0.1, 0.15) is 34.3 Å². The molecule has 0 spiro atoms. The van der Waals surface area contributed by atoms with E-state index >= 15 is 0 Å². The van der Waals surface area contributed by atoms with Crippen molar-refractivity contribution in [2.24, 2.45) is 0 Å². The lowest BCUT2D eigenvalue weighted by atomic mass is 9.90. The van der Waals surface area contributed by atoms with Gasteiger partial charge in [-0.3, -0.25) is 14.4 Å². The summed E-state index contributed by atoms with van der Waals surface area (Å²) in [6, 6.07) is 25.5. The van der Waals surface area contributed by atoms with E-state index in [-0.39, 0.29) is 24.1 Å². The van der Waals surface area contributed by atoms with Crippen LogP contribution in [-0.2, 0) is 9.59 Å². The first kappa shape index (κ1) is 20.0. The van der Waals surface area contributed by atoms with Gasteiger partial charge in [-0.15, -0.1) is 0 Å². The highest BCUT2D eigenvalue weighted by Crippen LogP contribution is 2.24.